The highest BCUT2D eigenvalue weighted by Gasteiger charge is 2.11. The summed E-state index contributed by atoms with van der Waals surface area (Å²) in [6, 6.07) is 15.4. The van der Waals surface area contributed by atoms with E-state index in [-0.39, 0.29) is 18.1 Å². The highest BCUT2D eigenvalue weighted by atomic mass is 19.1. The molecular formula is C20H16FN3O2. The number of aryl methyl sites for hydroxylation is 1. The van der Waals surface area contributed by atoms with Crippen LogP contribution in [-0.2, 0) is 17.8 Å². The van der Waals surface area contributed by atoms with Gasteiger partial charge in [-0.15, -0.1) is 0 Å². The molecule has 0 aliphatic rings. The van der Waals surface area contributed by atoms with Crippen molar-refractivity contribution in [3.63, 3.8) is 0 Å². The number of benzene rings is 2. The summed E-state index contributed by atoms with van der Waals surface area (Å²) in [7, 11) is 0. The molecule has 1 N–H and O–H groups in total. The van der Waals surface area contributed by atoms with Gasteiger partial charge in [0.15, 0.2) is 11.7 Å². The molecule has 0 saturated heterocycles. The molecule has 3 rings (SSSR count). The van der Waals surface area contributed by atoms with E-state index in [9.17, 15) is 9.18 Å². The van der Waals surface area contributed by atoms with E-state index in [1.165, 1.54) is 12.3 Å². The Hall–Kier alpha value is -3.46. The van der Waals surface area contributed by atoms with Gasteiger partial charge in [0.25, 0.3) is 0 Å². The number of nitriles is 1. The summed E-state index contributed by atoms with van der Waals surface area (Å²) in [6.45, 7) is 0.386. The van der Waals surface area contributed by atoms with Crippen molar-refractivity contribution < 1.29 is 13.6 Å². The standard InChI is InChI=1S/C20H16FN3O2/c21-17-4-2-1-3-16(17)18-13-24-20(26-18)10-9-19(25)23-12-15-7-5-14(11-22)6-8-15/h1-8,13H,9-10,12H2,(H,23,25). The fourth-order valence-electron chi connectivity index (χ4n) is 2.42. The largest absolute Gasteiger partial charge is 0.441 e. The molecule has 0 saturated carbocycles. The van der Waals surface area contributed by atoms with E-state index in [1.807, 2.05) is 6.07 Å². The van der Waals surface area contributed by atoms with Gasteiger partial charge in [-0.25, -0.2) is 9.37 Å². The summed E-state index contributed by atoms with van der Waals surface area (Å²) in [5.74, 6) is 0.211. The maximum absolute atomic E-state index is 13.7. The third-order valence-electron chi connectivity index (χ3n) is 3.83. The zero-order valence-corrected chi connectivity index (χ0v) is 13.9. The average molecular weight is 349 g/mol. The van der Waals surface area contributed by atoms with Crippen LogP contribution in [0.5, 0.6) is 0 Å². The summed E-state index contributed by atoms with van der Waals surface area (Å²) in [6.07, 6.45) is 2.00. The first kappa shape index (κ1) is 17.4. The lowest BCUT2D eigenvalue weighted by atomic mass is 10.1. The first-order valence-electron chi connectivity index (χ1n) is 8.11. The van der Waals surface area contributed by atoms with Crippen molar-refractivity contribution in [3.05, 3.63) is 77.6 Å². The van der Waals surface area contributed by atoms with Crippen LogP contribution in [0.25, 0.3) is 11.3 Å². The lowest BCUT2D eigenvalue weighted by Crippen LogP contribution is -2.23. The van der Waals surface area contributed by atoms with E-state index in [0.717, 1.165) is 5.56 Å². The number of hydrogen-bond donors (Lipinski definition) is 1. The predicted octanol–water partition coefficient (Wildman–Crippen LogP) is 3.60. The van der Waals surface area contributed by atoms with E-state index in [1.54, 1.807) is 42.5 Å². The number of halogens is 1. The molecule has 0 bridgehead atoms. The monoisotopic (exact) mass is 349 g/mol. The molecule has 0 spiro atoms. The Bertz CT molecular complexity index is 942. The molecular weight excluding hydrogens is 333 g/mol. The normalized spacial score (nSPS) is 10.3. The van der Waals surface area contributed by atoms with Crippen molar-refractivity contribution in [2.75, 3.05) is 0 Å². The van der Waals surface area contributed by atoms with Crippen LogP contribution < -0.4 is 5.32 Å². The average Bonchev–Trinajstić information content (AvgIpc) is 3.14. The Morgan fingerprint density at radius 1 is 1.19 bits per heavy atom. The number of amides is 1. The number of rotatable bonds is 6. The maximum Gasteiger partial charge on any atom is 0.220 e. The number of carbonyl (C=O) groups excluding carboxylic acids is 1. The molecule has 26 heavy (non-hydrogen) atoms. The second kappa shape index (κ2) is 8.08. The zero-order chi connectivity index (χ0) is 18.4. The quantitative estimate of drug-likeness (QED) is 0.737. The van der Waals surface area contributed by atoms with Gasteiger partial charge in [-0.2, -0.15) is 5.26 Å². The Kier molecular flexibility index (Phi) is 5.40. The van der Waals surface area contributed by atoms with Crippen LogP contribution in [0.3, 0.4) is 0 Å². The highest BCUT2D eigenvalue weighted by Crippen LogP contribution is 2.23. The first-order valence-corrected chi connectivity index (χ1v) is 8.11. The van der Waals surface area contributed by atoms with Crippen LogP contribution in [0.15, 0.2) is 59.1 Å². The van der Waals surface area contributed by atoms with Crippen molar-refractivity contribution in [2.45, 2.75) is 19.4 Å². The second-order valence-electron chi connectivity index (χ2n) is 5.68. The van der Waals surface area contributed by atoms with Gasteiger partial charge < -0.3 is 9.73 Å². The Morgan fingerprint density at radius 2 is 1.96 bits per heavy atom. The van der Waals surface area contributed by atoms with Crippen LogP contribution >= 0.6 is 0 Å². The number of nitrogens with zero attached hydrogens (tertiary/aromatic N) is 2. The zero-order valence-electron chi connectivity index (χ0n) is 13.9. The predicted molar refractivity (Wildman–Crippen MR) is 93.2 cm³/mol. The summed E-state index contributed by atoms with van der Waals surface area (Å²) >= 11 is 0. The molecule has 5 nitrogen and oxygen atoms in total. The number of oxazole rings is 1. The van der Waals surface area contributed by atoms with Gasteiger partial charge in [-0.05, 0) is 29.8 Å². The molecule has 0 atom stereocenters. The third kappa shape index (κ3) is 4.33. The van der Waals surface area contributed by atoms with Crippen LogP contribution in [0.4, 0.5) is 4.39 Å². The van der Waals surface area contributed by atoms with E-state index < -0.39 is 0 Å². The molecule has 3 aromatic rings. The molecule has 0 fully saturated rings. The smallest absolute Gasteiger partial charge is 0.220 e. The summed E-state index contributed by atoms with van der Waals surface area (Å²) < 4.78 is 19.3. The second-order valence-corrected chi connectivity index (χ2v) is 5.68. The SMILES string of the molecule is N#Cc1ccc(CNC(=O)CCc2ncc(-c3ccccc3F)o2)cc1. The van der Waals surface area contributed by atoms with Crippen LogP contribution in [-0.4, -0.2) is 10.9 Å². The third-order valence-corrected chi connectivity index (χ3v) is 3.83. The minimum atomic E-state index is -0.379. The van der Waals surface area contributed by atoms with Crippen molar-refractivity contribution in [3.8, 4) is 17.4 Å². The molecule has 1 amide bonds. The highest BCUT2D eigenvalue weighted by molar-refractivity contribution is 5.76. The van der Waals surface area contributed by atoms with Gasteiger partial charge in [0.2, 0.25) is 5.91 Å². The lowest BCUT2D eigenvalue weighted by molar-refractivity contribution is -0.121. The molecule has 0 unspecified atom stereocenters. The lowest BCUT2D eigenvalue weighted by Gasteiger charge is -2.04. The summed E-state index contributed by atoms with van der Waals surface area (Å²) in [5.41, 5.74) is 1.83. The van der Waals surface area contributed by atoms with Crippen molar-refractivity contribution >= 4 is 5.91 Å². The fourth-order valence-corrected chi connectivity index (χ4v) is 2.42. The number of aromatic nitrogens is 1. The van der Waals surface area contributed by atoms with Crippen molar-refractivity contribution in [1.82, 2.24) is 10.3 Å². The van der Waals surface area contributed by atoms with E-state index in [2.05, 4.69) is 10.3 Å². The summed E-state index contributed by atoms with van der Waals surface area (Å²) in [5, 5.41) is 11.6. The van der Waals surface area contributed by atoms with E-state index >= 15 is 0 Å². The molecule has 130 valence electrons. The minimum Gasteiger partial charge on any atom is -0.441 e. The molecule has 0 radical (unpaired) electrons. The van der Waals surface area contributed by atoms with Gasteiger partial charge in [-0.1, -0.05) is 24.3 Å². The van der Waals surface area contributed by atoms with E-state index in [0.29, 0.717) is 35.7 Å². The van der Waals surface area contributed by atoms with Crippen LogP contribution in [0, 0.1) is 17.1 Å². The molecule has 6 heteroatoms. The maximum atomic E-state index is 13.7. The van der Waals surface area contributed by atoms with Crippen LogP contribution in [0.2, 0.25) is 0 Å². The topological polar surface area (TPSA) is 78.9 Å². The van der Waals surface area contributed by atoms with Gasteiger partial charge in [-0.3, -0.25) is 4.79 Å². The van der Waals surface area contributed by atoms with Gasteiger partial charge in [0.1, 0.15) is 5.82 Å². The van der Waals surface area contributed by atoms with Gasteiger partial charge in [0, 0.05) is 19.4 Å². The molecule has 0 aliphatic heterocycles. The van der Waals surface area contributed by atoms with Crippen LogP contribution in [0.1, 0.15) is 23.4 Å². The van der Waals surface area contributed by atoms with Crippen molar-refractivity contribution in [2.24, 2.45) is 0 Å². The number of carbonyl (C=O) groups is 1. The molecule has 1 heterocycles. The Balaban J connectivity index is 1.50. The fraction of sp³-hybridized carbons (Fsp3) is 0.150. The molecule has 1 aromatic heterocycles. The first-order chi connectivity index (χ1) is 12.7. The molecule has 0 aliphatic carbocycles. The van der Waals surface area contributed by atoms with Gasteiger partial charge >= 0.3 is 0 Å². The number of hydrogen-bond acceptors (Lipinski definition) is 4. The Labute approximate surface area is 150 Å². The summed E-state index contributed by atoms with van der Waals surface area (Å²) in [4.78, 5) is 16.0. The Morgan fingerprint density at radius 3 is 2.69 bits per heavy atom. The van der Waals surface area contributed by atoms with E-state index in [4.69, 9.17) is 9.68 Å². The van der Waals surface area contributed by atoms with Crippen molar-refractivity contribution in [1.29, 1.82) is 5.26 Å². The molecule has 2 aromatic carbocycles. The minimum absolute atomic E-state index is 0.139. The van der Waals surface area contributed by atoms with Gasteiger partial charge in [0.05, 0.1) is 23.4 Å². The number of nitrogens with one attached hydrogen (secondary N) is 1.